The summed E-state index contributed by atoms with van der Waals surface area (Å²) in [7, 11) is 0. The predicted molar refractivity (Wildman–Crippen MR) is 60.8 cm³/mol. The average Bonchev–Trinajstić information content (AvgIpc) is 2.08. The SMILES string of the molecule is CC(C)OC(=O)NC1/C=C/CCCCC1. The molecule has 0 saturated heterocycles. The summed E-state index contributed by atoms with van der Waals surface area (Å²) in [6, 6.07) is 0.150. The van der Waals surface area contributed by atoms with Crippen molar-refractivity contribution in [1.29, 1.82) is 0 Å². The lowest BCUT2D eigenvalue weighted by molar-refractivity contribution is 0.113. The monoisotopic (exact) mass is 211 g/mol. The van der Waals surface area contributed by atoms with Gasteiger partial charge in [0.2, 0.25) is 0 Å². The Labute approximate surface area is 91.9 Å². The maximum absolute atomic E-state index is 11.4. The molecule has 0 spiro atoms. The van der Waals surface area contributed by atoms with Crippen molar-refractivity contribution in [1.82, 2.24) is 5.32 Å². The van der Waals surface area contributed by atoms with Gasteiger partial charge in [0.25, 0.3) is 0 Å². The van der Waals surface area contributed by atoms with E-state index in [0.29, 0.717) is 0 Å². The maximum Gasteiger partial charge on any atom is 0.407 e. The molecule has 1 N–H and O–H groups in total. The van der Waals surface area contributed by atoms with Gasteiger partial charge in [-0.1, -0.05) is 25.0 Å². The number of nitrogens with one attached hydrogen (secondary N) is 1. The molecule has 0 aromatic rings. The van der Waals surface area contributed by atoms with Crippen LogP contribution in [0.15, 0.2) is 12.2 Å². The molecular formula is C12H21NO2. The van der Waals surface area contributed by atoms with Crippen LogP contribution >= 0.6 is 0 Å². The normalized spacial score (nSPS) is 24.1. The lowest BCUT2D eigenvalue weighted by Crippen LogP contribution is -2.35. The van der Waals surface area contributed by atoms with Crippen molar-refractivity contribution < 1.29 is 9.53 Å². The first-order valence-electron chi connectivity index (χ1n) is 5.82. The first-order chi connectivity index (χ1) is 7.18. The second-order valence-corrected chi connectivity index (χ2v) is 4.27. The number of rotatable bonds is 2. The second-order valence-electron chi connectivity index (χ2n) is 4.27. The summed E-state index contributed by atoms with van der Waals surface area (Å²) < 4.78 is 5.04. The van der Waals surface area contributed by atoms with Gasteiger partial charge in [0, 0.05) is 0 Å². The molecule has 1 unspecified atom stereocenters. The van der Waals surface area contributed by atoms with Gasteiger partial charge in [-0.05, 0) is 33.1 Å². The molecule has 1 rings (SSSR count). The van der Waals surface area contributed by atoms with Gasteiger partial charge in [-0.25, -0.2) is 4.79 Å². The van der Waals surface area contributed by atoms with Gasteiger partial charge in [0.1, 0.15) is 0 Å². The van der Waals surface area contributed by atoms with Gasteiger partial charge in [0.05, 0.1) is 12.1 Å². The fourth-order valence-electron chi connectivity index (χ4n) is 1.68. The molecule has 0 aliphatic heterocycles. The maximum atomic E-state index is 11.4. The number of amides is 1. The summed E-state index contributed by atoms with van der Waals surface area (Å²) in [5.74, 6) is 0. The van der Waals surface area contributed by atoms with E-state index in [-0.39, 0.29) is 18.2 Å². The summed E-state index contributed by atoms with van der Waals surface area (Å²) in [4.78, 5) is 11.4. The summed E-state index contributed by atoms with van der Waals surface area (Å²) in [5.41, 5.74) is 0. The van der Waals surface area contributed by atoms with Gasteiger partial charge < -0.3 is 10.1 Å². The van der Waals surface area contributed by atoms with E-state index in [0.717, 1.165) is 12.8 Å². The number of alkyl carbamates (subject to hydrolysis) is 1. The van der Waals surface area contributed by atoms with Crippen LogP contribution in [-0.4, -0.2) is 18.2 Å². The van der Waals surface area contributed by atoms with Crippen LogP contribution in [0, 0.1) is 0 Å². The fourth-order valence-corrected chi connectivity index (χ4v) is 1.68. The van der Waals surface area contributed by atoms with E-state index >= 15 is 0 Å². The summed E-state index contributed by atoms with van der Waals surface area (Å²) in [5, 5.41) is 2.87. The molecule has 86 valence electrons. The van der Waals surface area contributed by atoms with Crippen LogP contribution < -0.4 is 5.32 Å². The molecule has 15 heavy (non-hydrogen) atoms. The minimum absolute atomic E-state index is 0.0532. The third-order valence-corrected chi connectivity index (χ3v) is 2.40. The van der Waals surface area contributed by atoms with E-state index in [1.165, 1.54) is 19.3 Å². The Morgan fingerprint density at radius 3 is 2.93 bits per heavy atom. The highest BCUT2D eigenvalue weighted by atomic mass is 16.6. The van der Waals surface area contributed by atoms with Crippen molar-refractivity contribution in [3.63, 3.8) is 0 Å². The number of carbonyl (C=O) groups excluding carboxylic acids is 1. The first-order valence-corrected chi connectivity index (χ1v) is 5.82. The van der Waals surface area contributed by atoms with E-state index in [1.54, 1.807) is 0 Å². The van der Waals surface area contributed by atoms with Gasteiger partial charge in [0.15, 0.2) is 0 Å². The molecular weight excluding hydrogens is 190 g/mol. The van der Waals surface area contributed by atoms with Crippen LogP contribution in [0.3, 0.4) is 0 Å². The van der Waals surface area contributed by atoms with Crippen LogP contribution in [0.4, 0.5) is 4.79 Å². The molecule has 0 radical (unpaired) electrons. The Morgan fingerprint density at radius 1 is 1.40 bits per heavy atom. The zero-order valence-corrected chi connectivity index (χ0v) is 9.66. The Hall–Kier alpha value is -0.990. The average molecular weight is 211 g/mol. The third kappa shape index (κ3) is 5.45. The van der Waals surface area contributed by atoms with Crippen molar-refractivity contribution in [3.05, 3.63) is 12.2 Å². The van der Waals surface area contributed by atoms with Gasteiger partial charge in [-0.3, -0.25) is 0 Å². The molecule has 1 aliphatic carbocycles. The number of ether oxygens (including phenoxy) is 1. The van der Waals surface area contributed by atoms with E-state index in [2.05, 4.69) is 17.5 Å². The topological polar surface area (TPSA) is 38.3 Å². The fraction of sp³-hybridized carbons (Fsp3) is 0.750. The molecule has 3 heteroatoms. The Bertz CT molecular complexity index is 224. The Balaban J connectivity index is 2.34. The number of hydrogen-bond donors (Lipinski definition) is 1. The molecule has 0 aromatic heterocycles. The van der Waals surface area contributed by atoms with Crippen LogP contribution in [0.25, 0.3) is 0 Å². The predicted octanol–water partition coefficient (Wildman–Crippen LogP) is 3.01. The molecule has 1 atom stereocenters. The number of hydrogen-bond acceptors (Lipinski definition) is 2. The smallest absolute Gasteiger partial charge is 0.407 e. The lowest BCUT2D eigenvalue weighted by Gasteiger charge is -2.17. The summed E-state index contributed by atoms with van der Waals surface area (Å²) >= 11 is 0. The molecule has 3 nitrogen and oxygen atoms in total. The van der Waals surface area contributed by atoms with Crippen LogP contribution in [0.5, 0.6) is 0 Å². The van der Waals surface area contributed by atoms with Crippen LogP contribution in [0.2, 0.25) is 0 Å². The quantitative estimate of drug-likeness (QED) is 0.713. The highest BCUT2D eigenvalue weighted by Crippen LogP contribution is 2.11. The second kappa shape index (κ2) is 6.49. The van der Waals surface area contributed by atoms with Crippen molar-refractivity contribution in [2.75, 3.05) is 0 Å². The minimum Gasteiger partial charge on any atom is -0.447 e. The Morgan fingerprint density at radius 2 is 2.20 bits per heavy atom. The van der Waals surface area contributed by atoms with Gasteiger partial charge in [-0.2, -0.15) is 0 Å². The highest BCUT2D eigenvalue weighted by Gasteiger charge is 2.11. The summed E-state index contributed by atoms with van der Waals surface area (Å²) in [6.07, 6.45) is 9.71. The largest absolute Gasteiger partial charge is 0.447 e. The van der Waals surface area contributed by atoms with Gasteiger partial charge in [-0.15, -0.1) is 0 Å². The highest BCUT2D eigenvalue weighted by molar-refractivity contribution is 5.68. The van der Waals surface area contributed by atoms with Gasteiger partial charge >= 0.3 is 6.09 Å². The molecule has 1 aliphatic rings. The number of carbonyl (C=O) groups is 1. The lowest BCUT2D eigenvalue weighted by atomic mass is 10.0. The van der Waals surface area contributed by atoms with E-state index < -0.39 is 0 Å². The zero-order chi connectivity index (χ0) is 11.1. The summed E-state index contributed by atoms with van der Waals surface area (Å²) in [6.45, 7) is 3.71. The first kappa shape index (κ1) is 12.1. The van der Waals surface area contributed by atoms with Crippen LogP contribution in [-0.2, 0) is 4.74 Å². The molecule has 1 amide bonds. The molecule has 0 bridgehead atoms. The standard InChI is InChI=1S/C12H21NO2/c1-10(2)15-12(14)13-11-8-6-4-3-5-7-9-11/h6,8,10-11H,3-5,7,9H2,1-2H3,(H,13,14)/b8-6+. The van der Waals surface area contributed by atoms with Crippen molar-refractivity contribution >= 4 is 6.09 Å². The van der Waals surface area contributed by atoms with Crippen molar-refractivity contribution in [2.45, 2.75) is 58.1 Å². The van der Waals surface area contributed by atoms with Crippen LogP contribution in [0.1, 0.15) is 46.0 Å². The Kier molecular flexibility index (Phi) is 5.22. The van der Waals surface area contributed by atoms with E-state index in [4.69, 9.17) is 4.74 Å². The van der Waals surface area contributed by atoms with Crippen molar-refractivity contribution in [3.8, 4) is 0 Å². The van der Waals surface area contributed by atoms with E-state index in [9.17, 15) is 4.79 Å². The number of allylic oxidation sites excluding steroid dienone is 1. The molecule has 0 aromatic carbocycles. The molecule has 0 heterocycles. The molecule has 0 fully saturated rings. The minimum atomic E-state index is -0.305. The van der Waals surface area contributed by atoms with Crippen molar-refractivity contribution in [2.24, 2.45) is 0 Å². The van der Waals surface area contributed by atoms with E-state index in [1.807, 2.05) is 13.8 Å². The molecule has 0 saturated carbocycles. The third-order valence-electron chi connectivity index (χ3n) is 2.40. The zero-order valence-electron chi connectivity index (χ0n) is 9.66.